The third-order valence-corrected chi connectivity index (χ3v) is 7.16. The van der Waals surface area contributed by atoms with Gasteiger partial charge in [-0.15, -0.1) is 0 Å². The average molecular weight is 414 g/mol. The number of anilines is 2. The molecule has 3 aromatic rings. The fraction of sp³-hybridized carbons (Fsp3) is 0.316. The summed E-state index contributed by atoms with van der Waals surface area (Å²) in [6, 6.07) is 8.94. The molecule has 1 fully saturated rings. The van der Waals surface area contributed by atoms with E-state index in [1.54, 1.807) is 34.9 Å². The molecule has 1 aromatic carbocycles. The first-order valence-electron chi connectivity index (χ1n) is 9.40. The number of nitrogens with one attached hydrogen (secondary N) is 2. The van der Waals surface area contributed by atoms with Crippen LogP contribution in [0.5, 0.6) is 0 Å². The number of nitrogen functional groups attached to an aromatic ring is 1. The maximum Gasteiger partial charge on any atom is 0.243 e. The zero-order valence-electron chi connectivity index (χ0n) is 16.0. The Balaban J connectivity index is 1.42. The molecular weight excluding hydrogens is 390 g/mol. The minimum absolute atomic E-state index is 0.0928. The summed E-state index contributed by atoms with van der Waals surface area (Å²) in [6.45, 7) is 2.71. The fourth-order valence-corrected chi connectivity index (χ4v) is 5.18. The molecule has 3 heterocycles. The zero-order valence-corrected chi connectivity index (χ0v) is 16.9. The number of piperidine rings is 1. The van der Waals surface area contributed by atoms with E-state index in [4.69, 9.17) is 5.73 Å². The van der Waals surface area contributed by atoms with Gasteiger partial charge in [-0.2, -0.15) is 9.40 Å². The lowest BCUT2D eigenvalue weighted by Crippen LogP contribution is -2.42. The summed E-state index contributed by atoms with van der Waals surface area (Å²) in [5, 5.41) is 9.91. The van der Waals surface area contributed by atoms with Crippen LogP contribution in [0.25, 0.3) is 11.3 Å². The number of nitrogens with two attached hydrogens (primary N) is 1. The largest absolute Gasteiger partial charge is 0.384 e. The van der Waals surface area contributed by atoms with Gasteiger partial charge in [0.05, 0.1) is 22.3 Å². The van der Waals surface area contributed by atoms with Gasteiger partial charge in [-0.3, -0.25) is 5.10 Å². The van der Waals surface area contributed by atoms with Gasteiger partial charge in [0.15, 0.2) is 0 Å². The standard InChI is InChI=1S/C19H23N7O2S/c1-13-4-2-3-5-17(13)29(27,28)26-10-7-14(8-11-26)23-19-21-9-6-16(24-19)15-12-22-25-18(15)20/h2-6,9,12,14H,7-8,10-11H2,1H3,(H3,20,22,25)(H,21,23,24). The Morgan fingerprint density at radius 3 is 2.66 bits per heavy atom. The van der Waals surface area contributed by atoms with Gasteiger partial charge >= 0.3 is 0 Å². The van der Waals surface area contributed by atoms with Crippen LogP contribution in [0.1, 0.15) is 18.4 Å². The van der Waals surface area contributed by atoms with E-state index in [0.29, 0.717) is 48.3 Å². The molecule has 0 atom stereocenters. The van der Waals surface area contributed by atoms with Crippen LogP contribution in [-0.4, -0.2) is 52.0 Å². The third-order valence-electron chi connectivity index (χ3n) is 5.10. The minimum Gasteiger partial charge on any atom is -0.384 e. The van der Waals surface area contributed by atoms with Gasteiger partial charge in [-0.05, 0) is 37.5 Å². The number of hydrogen-bond acceptors (Lipinski definition) is 7. The molecule has 2 aromatic heterocycles. The summed E-state index contributed by atoms with van der Waals surface area (Å²) in [6.07, 6.45) is 4.63. The van der Waals surface area contributed by atoms with Gasteiger partial charge in [0.1, 0.15) is 5.82 Å². The summed E-state index contributed by atoms with van der Waals surface area (Å²) in [7, 11) is -3.48. The van der Waals surface area contributed by atoms with Crippen molar-refractivity contribution in [1.82, 2.24) is 24.5 Å². The van der Waals surface area contributed by atoms with Crippen LogP contribution in [0.2, 0.25) is 0 Å². The number of sulfonamides is 1. The first-order chi connectivity index (χ1) is 13.9. The molecule has 152 valence electrons. The van der Waals surface area contributed by atoms with E-state index < -0.39 is 10.0 Å². The predicted octanol–water partition coefficient (Wildman–Crippen LogP) is 2.02. The van der Waals surface area contributed by atoms with Crippen molar-refractivity contribution in [2.45, 2.75) is 30.7 Å². The van der Waals surface area contributed by atoms with Crippen molar-refractivity contribution in [3.05, 3.63) is 48.3 Å². The SMILES string of the molecule is Cc1ccccc1S(=O)(=O)N1CCC(Nc2nccc(-c3cn[nH]c3N)n2)CC1. The van der Waals surface area contributed by atoms with Crippen molar-refractivity contribution < 1.29 is 8.42 Å². The Bertz CT molecular complexity index is 1110. The van der Waals surface area contributed by atoms with Crippen molar-refractivity contribution in [2.24, 2.45) is 0 Å². The molecule has 1 aliphatic rings. The second-order valence-electron chi connectivity index (χ2n) is 7.05. The summed E-state index contributed by atoms with van der Waals surface area (Å²) >= 11 is 0. The molecule has 0 unspecified atom stereocenters. The molecule has 0 aliphatic carbocycles. The molecule has 1 aliphatic heterocycles. The number of nitrogens with zero attached hydrogens (tertiary/aromatic N) is 4. The summed E-state index contributed by atoms with van der Waals surface area (Å²) < 4.78 is 27.4. The average Bonchev–Trinajstić information content (AvgIpc) is 3.15. The summed E-state index contributed by atoms with van der Waals surface area (Å²) in [5.74, 6) is 0.938. The Morgan fingerprint density at radius 2 is 1.97 bits per heavy atom. The topological polar surface area (TPSA) is 130 Å². The van der Waals surface area contributed by atoms with E-state index in [-0.39, 0.29) is 6.04 Å². The molecule has 10 heteroatoms. The van der Waals surface area contributed by atoms with Crippen LogP contribution >= 0.6 is 0 Å². The van der Waals surface area contributed by atoms with Crippen LogP contribution in [0.4, 0.5) is 11.8 Å². The maximum absolute atomic E-state index is 12.9. The van der Waals surface area contributed by atoms with Crippen molar-refractivity contribution in [2.75, 3.05) is 24.1 Å². The van der Waals surface area contributed by atoms with Crippen LogP contribution in [0, 0.1) is 6.92 Å². The summed E-state index contributed by atoms with van der Waals surface area (Å²) in [5.41, 5.74) is 8.01. The molecular formula is C19H23N7O2S. The molecule has 0 saturated carbocycles. The lowest BCUT2D eigenvalue weighted by molar-refractivity contribution is 0.329. The number of aromatic amines is 1. The molecule has 29 heavy (non-hydrogen) atoms. The Hall–Kier alpha value is -2.98. The quantitative estimate of drug-likeness (QED) is 0.583. The highest BCUT2D eigenvalue weighted by atomic mass is 32.2. The number of benzene rings is 1. The normalized spacial score (nSPS) is 16.0. The third kappa shape index (κ3) is 3.94. The Morgan fingerprint density at radius 1 is 1.21 bits per heavy atom. The smallest absolute Gasteiger partial charge is 0.243 e. The van der Waals surface area contributed by atoms with Crippen molar-refractivity contribution in [3.63, 3.8) is 0 Å². The lowest BCUT2D eigenvalue weighted by Gasteiger charge is -2.32. The molecule has 0 bridgehead atoms. The van der Waals surface area contributed by atoms with Gasteiger partial charge in [0, 0.05) is 25.3 Å². The van der Waals surface area contributed by atoms with Gasteiger partial charge in [-0.1, -0.05) is 18.2 Å². The van der Waals surface area contributed by atoms with E-state index in [2.05, 4.69) is 25.5 Å². The second-order valence-corrected chi connectivity index (χ2v) is 8.96. The molecule has 4 rings (SSSR count). The molecule has 0 radical (unpaired) electrons. The highest BCUT2D eigenvalue weighted by Crippen LogP contribution is 2.25. The Labute approximate surface area is 169 Å². The van der Waals surface area contributed by atoms with Gasteiger partial charge in [0.2, 0.25) is 16.0 Å². The van der Waals surface area contributed by atoms with Gasteiger partial charge in [0.25, 0.3) is 0 Å². The van der Waals surface area contributed by atoms with Crippen LogP contribution < -0.4 is 11.1 Å². The Kier molecular flexibility index (Phi) is 5.20. The van der Waals surface area contributed by atoms with Crippen molar-refractivity contribution >= 4 is 21.8 Å². The van der Waals surface area contributed by atoms with Crippen LogP contribution in [0.3, 0.4) is 0 Å². The lowest BCUT2D eigenvalue weighted by atomic mass is 10.1. The highest BCUT2D eigenvalue weighted by molar-refractivity contribution is 7.89. The summed E-state index contributed by atoms with van der Waals surface area (Å²) in [4.78, 5) is 9.15. The van der Waals surface area contributed by atoms with Crippen LogP contribution in [0.15, 0.2) is 47.6 Å². The van der Waals surface area contributed by atoms with Crippen molar-refractivity contribution in [1.29, 1.82) is 0 Å². The number of H-pyrrole nitrogens is 1. The van der Waals surface area contributed by atoms with Gasteiger partial charge < -0.3 is 11.1 Å². The predicted molar refractivity (Wildman–Crippen MR) is 111 cm³/mol. The first kappa shape index (κ1) is 19.3. The maximum atomic E-state index is 12.9. The monoisotopic (exact) mass is 413 g/mol. The fourth-order valence-electron chi connectivity index (χ4n) is 3.49. The van der Waals surface area contributed by atoms with E-state index in [0.717, 1.165) is 11.1 Å². The zero-order chi connectivity index (χ0) is 20.4. The molecule has 1 saturated heterocycles. The number of rotatable bonds is 5. The van der Waals surface area contributed by atoms with E-state index in [1.165, 1.54) is 0 Å². The molecule has 4 N–H and O–H groups in total. The number of hydrogen-bond donors (Lipinski definition) is 3. The molecule has 9 nitrogen and oxygen atoms in total. The number of aromatic nitrogens is 4. The molecule has 0 spiro atoms. The molecule has 0 amide bonds. The first-order valence-corrected chi connectivity index (χ1v) is 10.8. The highest BCUT2D eigenvalue weighted by Gasteiger charge is 2.30. The number of aryl methyl sites for hydroxylation is 1. The van der Waals surface area contributed by atoms with E-state index in [1.807, 2.05) is 19.1 Å². The van der Waals surface area contributed by atoms with Gasteiger partial charge in [-0.25, -0.2) is 18.4 Å². The van der Waals surface area contributed by atoms with Crippen molar-refractivity contribution in [3.8, 4) is 11.3 Å². The van der Waals surface area contributed by atoms with E-state index >= 15 is 0 Å². The minimum atomic E-state index is -3.48. The second kappa shape index (κ2) is 7.80. The van der Waals surface area contributed by atoms with E-state index in [9.17, 15) is 8.42 Å². The van der Waals surface area contributed by atoms with Crippen LogP contribution in [-0.2, 0) is 10.0 Å².